The monoisotopic (exact) mass is 195 g/mol. The van der Waals surface area contributed by atoms with Gasteiger partial charge in [0.1, 0.15) is 17.7 Å². The van der Waals surface area contributed by atoms with E-state index in [1.807, 2.05) is 20.8 Å². The van der Waals surface area contributed by atoms with Gasteiger partial charge in [0.25, 0.3) is 0 Å². The lowest BCUT2D eigenvalue weighted by Crippen LogP contribution is -2.27. The van der Waals surface area contributed by atoms with Gasteiger partial charge in [0.05, 0.1) is 5.56 Å². The van der Waals surface area contributed by atoms with Crippen LogP contribution in [-0.4, -0.2) is 15.6 Å². The fourth-order valence-corrected chi connectivity index (χ4v) is 0.883. The van der Waals surface area contributed by atoms with Gasteiger partial charge in [0.2, 0.25) is 5.88 Å². The van der Waals surface area contributed by atoms with Crippen molar-refractivity contribution in [2.45, 2.75) is 39.7 Å². The molecule has 1 rings (SSSR count). The van der Waals surface area contributed by atoms with Crippen LogP contribution in [0, 0.1) is 6.92 Å². The Hall–Kier alpha value is -1.32. The number of hydrogen-bond acceptors (Lipinski definition) is 4. The van der Waals surface area contributed by atoms with Crippen molar-refractivity contribution in [2.75, 3.05) is 5.73 Å². The second-order valence-corrected chi connectivity index (χ2v) is 3.90. The van der Waals surface area contributed by atoms with E-state index in [2.05, 4.69) is 16.9 Å². The molecular weight excluding hydrogens is 178 g/mol. The molecule has 78 valence electrons. The van der Waals surface area contributed by atoms with Crippen LogP contribution in [0.25, 0.3) is 0 Å². The van der Waals surface area contributed by atoms with Gasteiger partial charge in [0, 0.05) is 0 Å². The quantitative estimate of drug-likeness (QED) is 0.800. The molecule has 0 saturated carbocycles. The molecule has 0 saturated heterocycles. The largest absolute Gasteiger partial charge is 0.471 e. The molecule has 0 spiro atoms. The molecular formula is C10H17N3O. The zero-order valence-electron chi connectivity index (χ0n) is 9.16. The molecule has 0 radical (unpaired) electrons. The van der Waals surface area contributed by atoms with Crippen molar-refractivity contribution in [3.05, 3.63) is 11.9 Å². The van der Waals surface area contributed by atoms with Crippen LogP contribution in [0.3, 0.4) is 0 Å². The van der Waals surface area contributed by atoms with Crippen LogP contribution < -0.4 is 10.5 Å². The van der Waals surface area contributed by atoms with Crippen LogP contribution in [0.15, 0.2) is 6.33 Å². The second kappa shape index (κ2) is 3.82. The maximum absolute atomic E-state index is 5.73. The first-order valence-corrected chi connectivity index (χ1v) is 4.72. The fraction of sp³-hybridized carbons (Fsp3) is 0.600. The lowest BCUT2D eigenvalue weighted by molar-refractivity contribution is 0.0979. The predicted molar refractivity (Wildman–Crippen MR) is 56.2 cm³/mol. The van der Waals surface area contributed by atoms with E-state index in [1.165, 1.54) is 6.33 Å². The van der Waals surface area contributed by atoms with Crippen LogP contribution in [-0.2, 0) is 0 Å². The molecule has 1 aromatic heterocycles. The summed E-state index contributed by atoms with van der Waals surface area (Å²) in [4.78, 5) is 7.94. The van der Waals surface area contributed by atoms with Crippen LogP contribution in [0.2, 0.25) is 0 Å². The third-order valence-electron chi connectivity index (χ3n) is 2.30. The minimum atomic E-state index is -0.217. The molecule has 0 fully saturated rings. The Morgan fingerprint density at radius 2 is 2.07 bits per heavy atom. The Labute approximate surface area is 84.5 Å². The van der Waals surface area contributed by atoms with E-state index in [0.29, 0.717) is 11.7 Å². The van der Waals surface area contributed by atoms with E-state index in [4.69, 9.17) is 10.5 Å². The molecule has 0 unspecified atom stereocenters. The van der Waals surface area contributed by atoms with Crippen molar-refractivity contribution in [2.24, 2.45) is 0 Å². The van der Waals surface area contributed by atoms with Crippen LogP contribution in [0.5, 0.6) is 5.88 Å². The number of nitrogen functional groups attached to an aromatic ring is 1. The molecule has 14 heavy (non-hydrogen) atoms. The SMILES string of the molecule is CCC(C)(C)Oc1ncnc(N)c1C. The molecule has 1 heterocycles. The summed E-state index contributed by atoms with van der Waals surface area (Å²) in [6.45, 7) is 7.96. The number of anilines is 1. The van der Waals surface area contributed by atoms with E-state index < -0.39 is 0 Å². The molecule has 0 aliphatic rings. The van der Waals surface area contributed by atoms with Gasteiger partial charge in [-0.05, 0) is 27.2 Å². The fourth-order valence-electron chi connectivity index (χ4n) is 0.883. The maximum atomic E-state index is 5.73. The molecule has 0 aliphatic heterocycles. The molecule has 4 heteroatoms. The Morgan fingerprint density at radius 3 is 2.64 bits per heavy atom. The standard InChI is InChI=1S/C10H17N3O/c1-5-10(3,4)14-9-7(2)8(11)12-6-13-9/h6H,5H2,1-4H3,(H2,11,12,13). The highest BCUT2D eigenvalue weighted by atomic mass is 16.5. The maximum Gasteiger partial charge on any atom is 0.222 e. The molecule has 0 amide bonds. The Kier molecular flexibility index (Phi) is 2.93. The number of hydrogen-bond donors (Lipinski definition) is 1. The molecule has 0 atom stereocenters. The number of aromatic nitrogens is 2. The summed E-state index contributed by atoms with van der Waals surface area (Å²) < 4.78 is 5.73. The van der Waals surface area contributed by atoms with Gasteiger partial charge in [-0.1, -0.05) is 6.92 Å². The molecule has 0 aliphatic carbocycles. The van der Waals surface area contributed by atoms with E-state index in [0.717, 1.165) is 12.0 Å². The van der Waals surface area contributed by atoms with Crippen LogP contribution in [0.1, 0.15) is 32.8 Å². The number of rotatable bonds is 3. The first-order valence-electron chi connectivity index (χ1n) is 4.72. The summed E-state index contributed by atoms with van der Waals surface area (Å²) in [7, 11) is 0. The van der Waals surface area contributed by atoms with Gasteiger partial charge in [-0.25, -0.2) is 9.97 Å². The van der Waals surface area contributed by atoms with Crippen molar-refractivity contribution in [1.29, 1.82) is 0 Å². The third kappa shape index (κ3) is 2.34. The predicted octanol–water partition coefficient (Wildman–Crippen LogP) is 1.93. The first kappa shape index (κ1) is 10.8. The van der Waals surface area contributed by atoms with Crippen molar-refractivity contribution >= 4 is 5.82 Å². The highest BCUT2D eigenvalue weighted by Crippen LogP contribution is 2.23. The normalized spacial score (nSPS) is 11.4. The van der Waals surface area contributed by atoms with Crippen molar-refractivity contribution in [3.8, 4) is 5.88 Å². The van der Waals surface area contributed by atoms with E-state index in [1.54, 1.807) is 0 Å². The van der Waals surface area contributed by atoms with E-state index >= 15 is 0 Å². The van der Waals surface area contributed by atoms with Crippen LogP contribution in [0.4, 0.5) is 5.82 Å². The van der Waals surface area contributed by atoms with Gasteiger partial charge >= 0.3 is 0 Å². The summed E-state index contributed by atoms with van der Waals surface area (Å²) in [6.07, 6.45) is 2.33. The Bertz CT molecular complexity index is 323. The zero-order valence-corrected chi connectivity index (χ0v) is 9.16. The zero-order chi connectivity index (χ0) is 10.8. The van der Waals surface area contributed by atoms with Gasteiger partial charge in [-0.2, -0.15) is 0 Å². The second-order valence-electron chi connectivity index (χ2n) is 3.90. The first-order chi connectivity index (χ1) is 6.46. The van der Waals surface area contributed by atoms with E-state index in [-0.39, 0.29) is 5.60 Å². The molecule has 0 aromatic carbocycles. The molecule has 0 bridgehead atoms. The summed E-state index contributed by atoms with van der Waals surface area (Å²) in [5.74, 6) is 1.05. The Morgan fingerprint density at radius 1 is 1.43 bits per heavy atom. The molecule has 1 aromatic rings. The number of ether oxygens (including phenoxy) is 1. The van der Waals surface area contributed by atoms with Gasteiger partial charge in [-0.15, -0.1) is 0 Å². The van der Waals surface area contributed by atoms with Crippen molar-refractivity contribution in [3.63, 3.8) is 0 Å². The molecule has 2 N–H and O–H groups in total. The number of nitrogens with two attached hydrogens (primary N) is 1. The smallest absolute Gasteiger partial charge is 0.222 e. The average Bonchev–Trinajstić information content (AvgIpc) is 2.13. The minimum Gasteiger partial charge on any atom is -0.471 e. The van der Waals surface area contributed by atoms with Crippen molar-refractivity contribution in [1.82, 2.24) is 9.97 Å². The summed E-state index contributed by atoms with van der Waals surface area (Å²) in [6, 6.07) is 0. The lowest BCUT2D eigenvalue weighted by Gasteiger charge is -2.24. The highest BCUT2D eigenvalue weighted by molar-refractivity contribution is 5.43. The lowest BCUT2D eigenvalue weighted by atomic mass is 10.1. The highest BCUT2D eigenvalue weighted by Gasteiger charge is 2.19. The van der Waals surface area contributed by atoms with Crippen molar-refractivity contribution < 1.29 is 4.74 Å². The topological polar surface area (TPSA) is 61.0 Å². The van der Waals surface area contributed by atoms with Gasteiger partial charge < -0.3 is 10.5 Å². The Balaban J connectivity index is 2.92. The summed E-state index contributed by atoms with van der Waals surface area (Å²) >= 11 is 0. The summed E-state index contributed by atoms with van der Waals surface area (Å²) in [5.41, 5.74) is 6.23. The van der Waals surface area contributed by atoms with Crippen LogP contribution >= 0.6 is 0 Å². The number of nitrogens with zero attached hydrogens (tertiary/aromatic N) is 2. The van der Waals surface area contributed by atoms with Gasteiger partial charge in [0.15, 0.2) is 0 Å². The third-order valence-corrected chi connectivity index (χ3v) is 2.30. The minimum absolute atomic E-state index is 0.217. The summed E-state index contributed by atoms with van der Waals surface area (Å²) in [5, 5.41) is 0. The van der Waals surface area contributed by atoms with E-state index in [9.17, 15) is 0 Å². The van der Waals surface area contributed by atoms with Gasteiger partial charge in [-0.3, -0.25) is 0 Å². The average molecular weight is 195 g/mol. The molecule has 4 nitrogen and oxygen atoms in total.